The highest BCUT2D eigenvalue weighted by atomic mass is 32.1. The number of hydrogen-bond donors (Lipinski definition) is 0. The molecular weight excluding hydrogens is 436 g/mol. The van der Waals surface area contributed by atoms with Crippen LogP contribution in [0.2, 0.25) is 0 Å². The SMILES string of the molecule is CC[C@H](C)N(CC(=O)N1CCc2sccc2[C@@H]1COc1ccccc1OC)C(=O)CC(C)C. The molecule has 1 aromatic heterocycles. The van der Waals surface area contributed by atoms with E-state index in [4.69, 9.17) is 9.47 Å². The molecule has 1 aromatic carbocycles. The first kappa shape index (κ1) is 25.1. The summed E-state index contributed by atoms with van der Waals surface area (Å²) in [5, 5.41) is 2.08. The standard InChI is InChI=1S/C26H36N2O4S/c1-6-19(4)28(25(29)15-18(2)3)16-26(30)27-13-11-24-20(12-14-33-24)21(27)17-32-23-10-8-7-9-22(23)31-5/h7-10,12,14,18-19,21H,6,11,13,15-17H2,1-5H3/t19-,21-/m0/s1. The molecule has 0 bridgehead atoms. The summed E-state index contributed by atoms with van der Waals surface area (Å²) in [7, 11) is 1.62. The van der Waals surface area contributed by atoms with Crippen LogP contribution in [-0.2, 0) is 16.0 Å². The molecule has 0 saturated carbocycles. The van der Waals surface area contributed by atoms with E-state index in [2.05, 4.69) is 11.4 Å². The maximum absolute atomic E-state index is 13.6. The fourth-order valence-electron chi connectivity index (χ4n) is 4.19. The van der Waals surface area contributed by atoms with Crippen LogP contribution in [-0.4, -0.2) is 54.5 Å². The molecule has 3 rings (SSSR count). The largest absolute Gasteiger partial charge is 0.493 e. The molecule has 0 unspecified atom stereocenters. The fourth-order valence-corrected chi connectivity index (χ4v) is 5.12. The van der Waals surface area contributed by atoms with Crippen LogP contribution in [0.3, 0.4) is 0 Å². The second kappa shape index (κ2) is 11.5. The summed E-state index contributed by atoms with van der Waals surface area (Å²) in [6.45, 7) is 9.18. The average Bonchev–Trinajstić information content (AvgIpc) is 3.29. The molecule has 2 atom stereocenters. The highest BCUT2D eigenvalue weighted by Gasteiger charge is 2.34. The molecule has 0 saturated heterocycles. The van der Waals surface area contributed by atoms with Crippen molar-refractivity contribution in [2.45, 2.75) is 59.0 Å². The molecule has 180 valence electrons. The highest BCUT2D eigenvalue weighted by molar-refractivity contribution is 7.10. The van der Waals surface area contributed by atoms with Crippen molar-refractivity contribution >= 4 is 23.2 Å². The molecular formula is C26H36N2O4S. The zero-order valence-electron chi connectivity index (χ0n) is 20.4. The summed E-state index contributed by atoms with van der Waals surface area (Å²) in [6.07, 6.45) is 2.09. The number of thiophene rings is 1. The van der Waals surface area contributed by atoms with Gasteiger partial charge in [0.05, 0.1) is 13.2 Å². The minimum Gasteiger partial charge on any atom is -0.493 e. The number of ether oxygens (including phenoxy) is 2. The number of amides is 2. The van der Waals surface area contributed by atoms with Crippen LogP contribution < -0.4 is 9.47 Å². The first-order valence-electron chi connectivity index (χ1n) is 11.8. The maximum Gasteiger partial charge on any atom is 0.242 e. The highest BCUT2D eigenvalue weighted by Crippen LogP contribution is 2.35. The van der Waals surface area contributed by atoms with Gasteiger partial charge in [0, 0.05) is 23.9 Å². The van der Waals surface area contributed by atoms with Crippen LogP contribution in [0.4, 0.5) is 0 Å². The number of carbonyl (C=O) groups excluding carboxylic acids is 2. The van der Waals surface area contributed by atoms with Crippen molar-refractivity contribution in [3.63, 3.8) is 0 Å². The monoisotopic (exact) mass is 472 g/mol. The summed E-state index contributed by atoms with van der Waals surface area (Å²) in [4.78, 5) is 31.4. The van der Waals surface area contributed by atoms with E-state index in [0.29, 0.717) is 31.1 Å². The number of rotatable bonds is 10. The van der Waals surface area contributed by atoms with Gasteiger partial charge in [-0.2, -0.15) is 0 Å². The first-order chi connectivity index (χ1) is 15.8. The van der Waals surface area contributed by atoms with Gasteiger partial charge in [0.2, 0.25) is 11.8 Å². The van der Waals surface area contributed by atoms with Crippen molar-refractivity contribution in [1.82, 2.24) is 9.80 Å². The van der Waals surface area contributed by atoms with Crippen molar-refractivity contribution < 1.29 is 19.1 Å². The molecule has 0 fully saturated rings. The molecule has 0 radical (unpaired) electrons. The molecule has 0 N–H and O–H groups in total. The smallest absolute Gasteiger partial charge is 0.242 e. The van der Waals surface area contributed by atoms with Crippen LogP contribution in [0.5, 0.6) is 11.5 Å². The molecule has 1 aliphatic rings. The summed E-state index contributed by atoms with van der Waals surface area (Å²) in [6, 6.07) is 9.45. The van der Waals surface area contributed by atoms with E-state index in [1.54, 1.807) is 23.3 Å². The topological polar surface area (TPSA) is 59.1 Å². The number of fused-ring (bicyclic) bond motifs is 1. The van der Waals surface area contributed by atoms with Crippen LogP contribution in [0.15, 0.2) is 35.7 Å². The lowest BCUT2D eigenvalue weighted by Crippen LogP contribution is -2.50. The van der Waals surface area contributed by atoms with E-state index in [-0.39, 0.29) is 36.4 Å². The van der Waals surface area contributed by atoms with E-state index < -0.39 is 0 Å². The van der Waals surface area contributed by atoms with Gasteiger partial charge in [0.1, 0.15) is 13.2 Å². The number of hydrogen-bond acceptors (Lipinski definition) is 5. The number of carbonyl (C=O) groups is 2. The molecule has 2 aromatic rings. The Morgan fingerprint density at radius 2 is 1.91 bits per heavy atom. The third-order valence-corrected chi connectivity index (χ3v) is 7.21. The van der Waals surface area contributed by atoms with Crippen LogP contribution in [0.1, 0.15) is 57.0 Å². The van der Waals surface area contributed by atoms with E-state index >= 15 is 0 Å². The second-order valence-electron chi connectivity index (χ2n) is 8.99. The van der Waals surface area contributed by atoms with Gasteiger partial charge in [0.25, 0.3) is 0 Å². The van der Waals surface area contributed by atoms with Crippen LogP contribution >= 0.6 is 11.3 Å². The number of para-hydroxylation sites is 2. The molecule has 6 nitrogen and oxygen atoms in total. The Balaban J connectivity index is 1.80. The summed E-state index contributed by atoms with van der Waals surface area (Å²) in [5.74, 6) is 1.59. The molecule has 7 heteroatoms. The molecule has 0 aliphatic carbocycles. The fraction of sp³-hybridized carbons (Fsp3) is 0.538. The van der Waals surface area contributed by atoms with Gasteiger partial charge in [-0.05, 0) is 54.8 Å². The van der Waals surface area contributed by atoms with Crippen molar-refractivity contribution in [3.8, 4) is 11.5 Å². The van der Waals surface area contributed by atoms with Gasteiger partial charge in [0.15, 0.2) is 11.5 Å². The van der Waals surface area contributed by atoms with Gasteiger partial charge in [-0.15, -0.1) is 11.3 Å². The molecule has 33 heavy (non-hydrogen) atoms. The van der Waals surface area contributed by atoms with Gasteiger partial charge < -0.3 is 19.3 Å². The minimum absolute atomic E-state index is 0.0185. The van der Waals surface area contributed by atoms with Gasteiger partial charge in [-0.25, -0.2) is 0 Å². The summed E-state index contributed by atoms with van der Waals surface area (Å²) in [5.41, 5.74) is 1.14. The van der Waals surface area contributed by atoms with Gasteiger partial charge >= 0.3 is 0 Å². The Morgan fingerprint density at radius 3 is 2.58 bits per heavy atom. The zero-order valence-corrected chi connectivity index (χ0v) is 21.2. The lowest BCUT2D eigenvalue weighted by molar-refractivity contribution is -0.144. The molecule has 1 aliphatic heterocycles. The van der Waals surface area contributed by atoms with Crippen LogP contribution in [0.25, 0.3) is 0 Å². The van der Waals surface area contributed by atoms with E-state index in [9.17, 15) is 9.59 Å². The molecule has 0 spiro atoms. The minimum atomic E-state index is -0.198. The van der Waals surface area contributed by atoms with Crippen molar-refractivity contribution in [2.24, 2.45) is 5.92 Å². The van der Waals surface area contributed by atoms with Crippen LogP contribution in [0, 0.1) is 5.92 Å². The third-order valence-electron chi connectivity index (χ3n) is 6.21. The Morgan fingerprint density at radius 1 is 1.18 bits per heavy atom. The number of nitrogens with zero attached hydrogens (tertiary/aromatic N) is 2. The quantitative estimate of drug-likeness (QED) is 0.492. The van der Waals surface area contributed by atoms with Gasteiger partial charge in [-0.3, -0.25) is 9.59 Å². The Bertz CT molecular complexity index is 942. The van der Waals surface area contributed by atoms with Crippen molar-refractivity contribution in [1.29, 1.82) is 0 Å². The zero-order chi connectivity index (χ0) is 24.0. The van der Waals surface area contributed by atoms with E-state index in [1.165, 1.54) is 4.88 Å². The molecule has 2 heterocycles. The molecule has 2 amide bonds. The average molecular weight is 473 g/mol. The third kappa shape index (κ3) is 6.08. The Kier molecular flexibility index (Phi) is 8.78. The predicted octanol–water partition coefficient (Wildman–Crippen LogP) is 4.93. The number of benzene rings is 1. The maximum atomic E-state index is 13.6. The van der Waals surface area contributed by atoms with Crippen molar-refractivity contribution in [2.75, 3.05) is 26.8 Å². The summed E-state index contributed by atoms with van der Waals surface area (Å²) >= 11 is 1.72. The van der Waals surface area contributed by atoms with Crippen molar-refractivity contribution in [3.05, 3.63) is 46.2 Å². The normalized spacial score (nSPS) is 16.3. The predicted molar refractivity (Wildman–Crippen MR) is 132 cm³/mol. The number of methoxy groups -OCH3 is 1. The lowest BCUT2D eigenvalue weighted by Gasteiger charge is -2.38. The second-order valence-corrected chi connectivity index (χ2v) is 9.99. The Labute approximate surface area is 201 Å². The summed E-state index contributed by atoms with van der Waals surface area (Å²) < 4.78 is 11.6. The first-order valence-corrected chi connectivity index (χ1v) is 12.6. The van der Waals surface area contributed by atoms with Gasteiger partial charge in [-0.1, -0.05) is 32.9 Å². The Hall–Kier alpha value is -2.54. The van der Waals surface area contributed by atoms with E-state index in [1.807, 2.05) is 56.9 Å². The van der Waals surface area contributed by atoms with E-state index in [0.717, 1.165) is 18.4 Å². The lowest BCUT2D eigenvalue weighted by atomic mass is 10.00.